The molecule has 0 saturated heterocycles. The van der Waals surface area contributed by atoms with Gasteiger partial charge in [0, 0.05) is 12.0 Å². The van der Waals surface area contributed by atoms with Crippen molar-refractivity contribution in [1.82, 2.24) is 19.7 Å². The molecule has 0 N–H and O–H groups in total. The number of aromatic nitrogens is 3. The van der Waals surface area contributed by atoms with Crippen LogP contribution in [0.25, 0.3) is 0 Å². The molecular formula is C13H22N4. The molecule has 0 atom stereocenters. The lowest BCUT2D eigenvalue weighted by Gasteiger charge is -2.32. The lowest BCUT2D eigenvalue weighted by Crippen LogP contribution is -2.38. The van der Waals surface area contributed by atoms with Gasteiger partial charge in [0.1, 0.15) is 5.82 Å². The minimum atomic E-state index is -0.0390. The van der Waals surface area contributed by atoms with E-state index in [4.69, 9.17) is 0 Å². The van der Waals surface area contributed by atoms with Crippen LogP contribution in [0.3, 0.4) is 0 Å². The van der Waals surface area contributed by atoms with E-state index in [-0.39, 0.29) is 5.54 Å². The topological polar surface area (TPSA) is 34.0 Å². The van der Waals surface area contributed by atoms with Gasteiger partial charge < -0.3 is 4.57 Å². The third-order valence-corrected chi connectivity index (χ3v) is 4.24. The second-order valence-corrected chi connectivity index (χ2v) is 6.21. The van der Waals surface area contributed by atoms with Crippen LogP contribution in [0, 0.1) is 0 Å². The van der Waals surface area contributed by atoms with Crippen LogP contribution in [0.15, 0.2) is 0 Å². The van der Waals surface area contributed by atoms with E-state index in [0.717, 1.165) is 5.82 Å². The number of rotatable bonds is 4. The fourth-order valence-electron chi connectivity index (χ4n) is 2.23. The van der Waals surface area contributed by atoms with Gasteiger partial charge in [-0.15, -0.1) is 10.2 Å². The summed E-state index contributed by atoms with van der Waals surface area (Å²) in [5, 5.41) is 8.98. The van der Waals surface area contributed by atoms with Crippen molar-refractivity contribution in [2.24, 2.45) is 0 Å². The Hall–Kier alpha value is -0.900. The first-order chi connectivity index (χ1) is 8.01. The average Bonchev–Trinajstić information content (AvgIpc) is 3.16. The monoisotopic (exact) mass is 234 g/mol. The Balaban J connectivity index is 2.04. The van der Waals surface area contributed by atoms with E-state index in [1.807, 2.05) is 0 Å². The summed E-state index contributed by atoms with van der Waals surface area (Å²) in [6.07, 6.45) is 5.20. The van der Waals surface area contributed by atoms with Crippen molar-refractivity contribution in [1.29, 1.82) is 0 Å². The van der Waals surface area contributed by atoms with Gasteiger partial charge in [-0.1, -0.05) is 0 Å². The van der Waals surface area contributed by atoms with E-state index in [0.29, 0.717) is 12.0 Å². The van der Waals surface area contributed by atoms with Crippen molar-refractivity contribution in [2.45, 2.75) is 57.0 Å². The first-order valence-electron chi connectivity index (χ1n) is 6.64. The fourth-order valence-corrected chi connectivity index (χ4v) is 2.23. The fraction of sp³-hybridized carbons (Fsp3) is 0.846. The van der Waals surface area contributed by atoms with Gasteiger partial charge in [0.2, 0.25) is 0 Å². The molecule has 0 spiro atoms. The maximum Gasteiger partial charge on any atom is 0.153 e. The molecule has 2 aliphatic carbocycles. The highest BCUT2D eigenvalue weighted by Crippen LogP contribution is 2.46. The van der Waals surface area contributed by atoms with E-state index in [1.54, 1.807) is 0 Å². The Morgan fingerprint density at radius 1 is 1.12 bits per heavy atom. The second-order valence-electron chi connectivity index (χ2n) is 6.21. The van der Waals surface area contributed by atoms with Crippen LogP contribution in [-0.2, 0) is 5.54 Å². The van der Waals surface area contributed by atoms with Crippen molar-refractivity contribution < 1.29 is 0 Å². The van der Waals surface area contributed by atoms with Gasteiger partial charge in [0.05, 0.1) is 5.54 Å². The molecule has 0 aliphatic heterocycles. The van der Waals surface area contributed by atoms with Crippen molar-refractivity contribution >= 4 is 0 Å². The molecular weight excluding hydrogens is 212 g/mol. The first-order valence-corrected chi connectivity index (χ1v) is 6.64. The Kier molecular flexibility index (Phi) is 2.34. The van der Waals surface area contributed by atoms with Crippen molar-refractivity contribution in [2.75, 3.05) is 14.1 Å². The van der Waals surface area contributed by atoms with E-state index in [9.17, 15) is 0 Å². The van der Waals surface area contributed by atoms with E-state index < -0.39 is 0 Å². The van der Waals surface area contributed by atoms with Crippen molar-refractivity contribution in [3.63, 3.8) is 0 Å². The molecule has 0 radical (unpaired) electrons. The Morgan fingerprint density at radius 3 is 2.24 bits per heavy atom. The molecule has 2 aliphatic rings. The SMILES string of the molecule is CN(C)C(C)(C)c1nnc(C2CC2)n1C1CC1. The Labute approximate surface area is 103 Å². The molecule has 0 amide bonds. The van der Waals surface area contributed by atoms with Crippen LogP contribution >= 0.6 is 0 Å². The summed E-state index contributed by atoms with van der Waals surface area (Å²) in [4.78, 5) is 2.23. The lowest BCUT2D eigenvalue weighted by atomic mass is 10.0. The van der Waals surface area contributed by atoms with Gasteiger partial charge >= 0.3 is 0 Å². The highest BCUT2D eigenvalue weighted by molar-refractivity contribution is 5.16. The average molecular weight is 234 g/mol. The summed E-state index contributed by atoms with van der Waals surface area (Å²) < 4.78 is 2.44. The molecule has 2 fully saturated rings. The molecule has 0 unspecified atom stereocenters. The largest absolute Gasteiger partial charge is 0.310 e. The summed E-state index contributed by atoms with van der Waals surface area (Å²) in [5.74, 6) is 3.08. The van der Waals surface area contributed by atoms with Gasteiger partial charge in [-0.25, -0.2) is 0 Å². The number of hydrogen-bond acceptors (Lipinski definition) is 3. The summed E-state index contributed by atoms with van der Waals surface area (Å²) in [6, 6.07) is 0.676. The zero-order valence-electron chi connectivity index (χ0n) is 11.3. The molecule has 1 aromatic rings. The summed E-state index contributed by atoms with van der Waals surface area (Å²) in [5.41, 5.74) is -0.0390. The summed E-state index contributed by atoms with van der Waals surface area (Å²) in [7, 11) is 4.23. The highest BCUT2D eigenvalue weighted by atomic mass is 15.3. The molecule has 94 valence electrons. The minimum Gasteiger partial charge on any atom is -0.310 e. The lowest BCUT2D eigenvalue weighted by molar-refractivity contribution is 0.178. The molecule has 2 saturated carbocycles. The molecule has 4 nitrogen and oxygen atoms in total. The number of hydrogen-bond donors (Lipinski definition) is 0. The zero-order valence-corrected chi connectivity index (χ0v) is 11.3. The van der Waals surface area contributed by atoms with Crippen LogP contribution in [-0.4, -0.2) is 33.8 Å². The van der Waals surface area contributed by atoms with Gasteiger partial charge in [0.15, 0.2) is 5.82 Å². The van der Waals surface area contributed by atoms with E-state index in [1.165, 1.54) is 31.5 Å². The third-order valence-electron chi connectivity index (χ3n) is 4.24. The molecule has 4 heteroatoms. The van der Waals surface area contributed by atoms with Crippen LogP contribution in [0.1, 0.15) is 63.1 Å². The smallest absolute Gasteiger partial charge is 0.153 e. The van der Waals surface area contributed by atoms with Crippen LogP contribution in [0.5, 0.6) is 0 Å². The van der Waals surface area contributed by atoms with Crippen LogP contribution < -0.4 is 0 Å². The molecule has 3 rings (SSSR count). The van der Waals surface area contributed by atoms with Crippen molar-refractivity contribution in [3.8, 4) is 0 Å². The summed E-state index contributed by atoms with van der Waals surface area (Å²) in [6.45, 7) is 4.46. The molecule has 1 aromatic heterocycles. The standard InChI is InChI=1S/C13H22N4/c1-13(2,16(3)4)12-15-14-11(9-5-6-9)17(12)10-7-8-10/h9-10H,5-8H2,1-4H3. The Morgan fingerprint density at radius 2 is 1.76 bits per heavy atom. The Bertz CT molecular complexity index is 425. The molecule has 0 bridgehead atoms. The van der Waals surface area contributed by atoms with Crippen molar-refractivity contribution in [3.05, 3.63) is 11.6 Å². The first kappa shape index (κ1) is 11.2. The van der Waals surface area contributed by atoms with Crippen LogP contribution in [0.4, 0.5) is 0 Å². The minimum absolute atomic E-state index is 0.0390. The maximum atomic E-state index is 4.50. The van der Waals surface area contributed by atoms with E-state index in [2.05, 4.69) is 47.6 Å². The zero-order chi connectivity index (χ0) is 12.2. The summed E-state index contributed by atoms with van der Waals surface area (Å²) >= 11 is 0. The predicted octanol–water partition coefficient (Wildman–Crippen LogP) is 2.29. The van der Waals surface area contributed by atoms with Gasteiger partial charge in [-0.3, -0.25) is 4.90 Å². The number of nitrogens with zero attached hydrogens (tertiary/aromatic N) is 4. The van der Waals surface area contributed by atoms with Gasteiger partial charge in [0.25, 0.3) is 0 Å². The quantitative estimate of drug-likeness (QED) is 0.801. The van der Waals surface area contributed by atoms with Gasteiger partial charge in [-0.2, -0.15) is 0 Å². The van der Waals surface area contributed by atoms with Crippen LogP contribution in [0.2, 0.25) is 0 Å². The highest BCUT2D eigenvalue weighted by Gasteiger charge is 2.40. The molecule has 1 heterocycles. The van der Waals surface area contributed by atoms with Gasteiger partial charge in [-0.05, 0) is 53.6 Å². The maximum absolute atomic E-state index is 4.50. The normalized spacial score (nSPS) is 21.2. The predicted molar refractivity (Wildman–Crippen MR) is 67.0 cm³/mol. The molecule has 17 heavy (non-hydrogen) atoms. The van der Waals surface area contributed by atoms with E-state index >= 15 is 0 Å². The second kappa shape index (κ2) is 3.55. The third kappa shape index (κ3) is 1.79. The molecule has 0 aromatic carbocycles.